The fourth-order valence-electron chi connectivity index (χ4n) is 1.56. The molecule has 5 heteroatoms. The fraction of sp³-hybridized carbons (Fsp3) is 0.385. The SMILES string of the molecule is C#CC(O)(c1ccccc1)P(=O)(OCC)OCC. The summed E-state index contributed by atoms with van der Waals surface area (Å²) >= 11 is 0. The summed E-state index contributed by atoms with van der Waals surface area (Å²) in [5, 5.41) is 8.45. The van der Waals surface area contributed by atoms with Crippen molar-refractivity contribution in [2.45, 2.75) is 19.2 Å². The van der Waals surface area contributed by atoms with Gasteiger partial charge in [0.05, 0.1) is 13.2 Å². The molecule has 0 radical (unpaired) electrons. The topological polar surface area (TPSA) is 55.8 Å². The Morgan fingerprint density at radius 2 is 1.78 bits per heavy atom. The number of terminal acetylenes is 1. The Kier molecular flexibility index (Phi) is 5.13. The molecule has 0 aliphatic carbocycles. The van der Waals surface area contributed by atoms with Crippen LogP contribution in [-0.2, 0) is 19.0 Å². The molecule has 98 valence electrons. The lowest BCUT2D eigenvalue weighted by Crippen LogP contribution is -2.26. The second-order valence-corrected chi connectivity index (χ2v) is 5.67. The summed E-state index contributed by atoms with van der Waals surface area (Å²) < 4.78 is 22.9. The highest BCUT2D eigenvalue weighted by Gasteiger charge is 2.50. The molecule has 1 unspecified atom stereocenters. The number of hydrogen-bond donors (Lipinski definition) is 1. The summed E-state index contributed by atoms with van der Waals surface area (Å²) in [5.74, 6) is 2.15. The van der Waals surface area contributed by atoms with Crippen molar-refractivity contribution in [3.63, 3.8) is 0 Å². The van der Waals surface area contributed by atoms with Crippen LogP contribution in [0.3, 0.4) is 0 Å². The normalized spacial score (nSPS) is 14.8. The van der Waals surface area contributed by atoms with Crippen molar-refractivity contribution < 1.29 is 18.7 Å². The maximum Gasteiger partial charge on any atom is 0.379 e. The minimum Gasteiger partial charge on any atom is -0.364 e. The van der Waals surface area contributed by atoms with E-state index >= 15 is 0 Å². The molecule has 0 saturated carbocycles. The van der Waals surface area contributed by atoms with Crippen LogP contribution in [0.25, 0.3) is 0 Å². The zero-order chi connectivity index (χ0) is 13.6. The summed E-state index contributed by atoms with van der Waals surface area (Å²) in [7, 11) is -3.84. The van der Waals surface area contributed by atoms with E-state index in [1.807, 2.05) is 0 Å². The lowest BCUT2D eigenvalue weighted by Gasteiger charge is -2.30. The third-order valence-electron chi connectivity index (χ3n) is 2.37. The van der Waals surface area contributed by atoms with Crippen molar-refractivity contribution in [2.24, 2.45) is 0 Å². The van der Waals surface area contributed by atoms with Crippen LogP contribution in [0.4, 0.5) is 0 Å². The molecule has 1 atom stereocenters. The quantitative estimate of drug-likeness (QED) is 0.636. The first-order valence-electron chi connectivity index (χ1n) is 5.69. The van der Waals surface area contributed by atoms with E-state index in [-0.39, 0.29) is 13.2 Å². The van der Waals surface area contributed by atoms with Gasteiger partial charge in [-0.2, -0.15) is 0 Å². The zero-order valence-electron chi connectivity index (χ0n) is 10.5. The number of rotatable bonds is 6. The Labute approximate surface area is 107 Å². The maximum atomic E-state index is 12.6. The van der Waals surface area contributed by atoms with Gasteiger partial charge in [0.25, 0.3) is 5.34 Å². The van der Waals surface area contributed by atoms with Gasteiger partial charge in [-0.3, -0.25) is 4.57 Å². The van der Waals surface area contributed by atoms with Crippen molar-refractivity contribution in [3.8, 4) is 12.3 Å². The molecule has 18 heavy (non-hydrogen) atoms. The molecule has 4 nitrogen and oxygen atoms in total. The second-order valence-electron chi connectivity index (χ2n) is 3.52. The Balaban J connectivity index is 3.29. The van der Waals surface area contributed by atoms with Crippen LogP contribution in [0.5, 0.6) is 0 Å². The first-order chi connectivity index (χ1) is 8.54. The average molecular weight is 268 g/mol. The van der Waals surface area contributed by atoms with E-state index in [4.69, 9.17) is 15.5 Å². The van der Waals surface area contributed by atoms with Gasteiger partial charge in [0.1, 0.15) is 0 Å². The third kappa shape index (κ3) is 2.66. The van der Waals surface area contributed by atoms with Gasteiger partial charge >= 0.3 is 7.60 Å². The highest BCUT2D eigenvalue weighted by molar-refractivity contribution is 7.55. The summed E-state index contributed by atoms with van der Waals surface area (Å²) in [6.45, 7) is 3.59. The number of benzene rings is 1. The molecule has 0 saturated heterocycles. The molecule has 0 aliphatic heterocycles. The average Bonchev–Trinajstić information content (AvgIpc) is 2.39. The molecule has 0 amide bonds. The van der Waals surface area contributed by atoms with E-state index in [1.165, 1.54) is 0 Å². The minimum absolute atomic E-state index is 0.133. The van der Waals surface area contributed by atoms with Gasteiger partial charge in [0.15, 0.2) is 0 Å². The van der Waals surface area contributed by atoms with Crippen LogP contribution < -0.4 is 0 Å². The van der Waals surface area contributed by atoms with E-state index in [9.17, 15) is 9.67 Å². The molecular weight excluding hydrogens is 251 g/mol. The van der Waals surface area contributed by atoms with E-state index in [2.05, 4.69) is 5.92 Å². The first kappa shape index (κ1) is 14.9. The zero-order valence-corrected chi connectivity index (χ0v) is 11.4. The standard InChI is InChI=1S/C13H17O4P/c1-4-13(14,12-10-8-7-9-11-12)18(15,16-5-2)17-6-3/h1,7-11,14H,5-6H2,2-3H3. The monoisotopic (exact) mass is 268 g/mol. The van der Waals surface area contributed by atoms with Gasteiger partial charge in [-0.15, -0.1) is 6.42 Å². The highest BCUT2D eigenvalue weighted by atomic mass is 31.2. The van der Waals surface area contributed by atoms with Crippen LogP contribution in [-0.4, -0.2) is 18.3 Å². The van der Waals surface area contributed by atoms with Crippen LogP contribution in [0, 0.1) is 12.3 Å². The van der Waals surface area contributed by atoms with Gasteiger partial charge in [0, 0.05) is 5.56 Å². The van der Waals surface area contributed by atoms with E-state index in [0.717, 1.165) is 0 Å². The molecule has 0 bridgehead atoms. The number of aliphatic hydroxyl groups is 1. The first-order valence-corrected chi connectivity index (χ1v) is 7.23. The molecule has 0 heterocycles. The molecular formula is C13H17O4P. The van der Waals surface area contributed by atoms with Crippen LogP contribution in [0.15, 0.2) is 30.3 Å². The fourth-order valence-corrected chi connectivity index (χ4v) is 3.31. The Morgan fingerprint density at radius 3 is 2.17 bits per heavy atom. The predicted molar refractivity (Wildman–Crippen MR) is 70.0 cm³/mol. The summed E-state index contributed by atoms with van der Waals surface area (Å²) in [6.07, 6.45) is 5.35. The van der Waals surface area contributed by atoms with Crippen molar-refractivity contribution in [3.05, 3.63) is 35.9 Å². The summed E-state index contributed by atoms with van der Waals surface area (Å²) in [5.41, 5.74) is 0.317. The van der Waals surface area contributed by atoms with Crippen molar-refractivity contribution in [1.82, 2.24) is 0 Å². The predicted octanol–water partition coefficient (Wildman–Crippen LogP) is 2.73. The van der Waals surface area contributed by atoms with Crippen LogP contribution in [0.2, 0.25) is 0 Å². The minimum atomic E-state index is -3.84. The van der Waals surface area contributed by atoms with Crippen LogP contribution in [0.1, 0.15) is 19.4 Å². The van der Waals surface area contributed by atoms with Crippen molar-refractivity contribution in [1.29, 1.82) is 0 Å². The Morgan fingerprint density at radius 1 is 1.28 bits per heavy atom. The smallest absolute Gasteiger partial charge is 0.364 e. The summed E-state index contributed by atoms with van der Waals surface area (Å²) in [6, 6.07) is 8.33. The lowest BCUT2D eigenvalue weighted by atomic mass is 10.1. The summed E-state index contributed by atoms with van der Waals surface area (Å²) in [4.78, 5) is 0. The Hall–Kier alpha value is -1.11. The van der Waals surface area contributed by atoms with Gasteiger partial charge in [-0.05, 0) is 13.8 Å². The van der Waals surface area contributed by atoms with E-state index in [1.54, 1.807) is 44.2 Å². The molecule has 0 aromatic heterocycles. The highest BCUT2D eigenvalue weighted by Crippen LogP contribution is 2.63. The second kappa shape index (κ2) is 6.17. The Bertz CT molecular complexity index is 456. The molecule has 1 aromatic carbocycles. The van der Waals surface area contributed by atoms with Crippen molar-refractivity contribution >= 4 is 7.60 Å². The van der Waals surface area contributed by atoms with Gasteiger partial charge in [-0.1, -0.05) is 36.3 Å². The van der Waals surface area contributed by atoms with Gasteiger partial charge < -0.3 is 14.2 Å². The molecule has 1 aromatic rings. The van der Waals surface area contributed by atoms with E-state index in [0.29, 0.717) is 5.56 Å². The molecule has 0 fully saturated rings. The lowest BCUT2D eigenvalue weighted by molar-refractivity contribution is 0.108. The van der Waals surface area contributed by atoms with Gasteiger partial charge in [0.2, 0.25) is 0 Å². The number of hydrogen-bond acceptors (Lipinski definition) is 4. The van der Waals surface area contributed by atoms with Crippen LogP contribution >= 0.6 is 7.60 Å². The molecule has 1 N–H and O–H groups in total. The van der Waals surface area contributed by atoms with Gasteiger partial charge in [-0.25, -0.2) is 0 Å². The maximum absolute atomic E-state index is 12.6. The van der Waals surface area contributed by atoms with Crippen molar-refractivity contribution in [2.75, 3.05) is 13.2 Å². The molecule has 0 aliphatic rings. The van der Waals surface area contributed by atoms with E-state index < -0.39 is 12.9 Å². The molecule has 0 spiro atoms. The largest absolute Gasteiger partial charge is 0.379 e. The third-order valence-corrected chi connectivity index (χ3v) is 4.75. The molecule has 1 rings (SSSR count).